The Balaban J connectivity index is 1.84. The van der Waals surface area contributed by atoms with Crippen molar-refractivity contribution < 1.29 is 18.8 Å². The normalized spacial score (nSPS) is 10.5. The Kier molecular flexibility index (Phi) is 3.99. The zero-order valence-electron chi connectivity index (χ0n) is 11.6. The van der Waals surface area contributed by atoms with Gasteiger partial charge in [-0.3, -0.25) is 4.79 Å². The molecule has 1 amide bonds. The molecule has 0 bridgehead atoms. The van der Waals surface area contributed by atoms with Gasteiger partial charge in [0.15, 0.2) is 0 Å². The lowest BCUT2D eigenvalue weighted by Gasteiger charge is -2.05. The SMILES string of the molecule is O=C(Nc1cc(Cl)ccc1O)c1cc(-c2ccccc2F)no1. The van der Waals surface area contributed by atoms with Crippen LogP contribution >= 0.6 is 11.6 Å². The Morgan fingerprint density at radius 3 is 2.78 bits per heavy atom. The number of phenolic OH excluding ortho intramolecular Hbond substituents is 1. The minimum Gasteiger partial charge on any atom is -0.506 e. The minimum absolute atomic E-state index is 0.123. The molecular formula is C16H10ClFN2O3. The summed E-state index contributed by atoms with van der Waals surface area (Å²) in [6, 6.07) is 11.6. The number of phenols is 1. The van der Waals surface area contributed by atoms with E-state index in [9.17, 15) is 14.3 Å². The van der Waals surface area contributed by atoms with Gasteiger partial charge in [-0.25, -0.2) is 4.39 Å². The van der Waals surface area contributed by atoms with Gasteiger partial charge in [0, 0.05) is 16.7 Å². The van der Waals surface area contributed by atoms with Crippen molar-refractivity contribution in [3.63, 3.8) is 0 Å². The van der Waals surface area contributed by atoms with Crippen LogP contribution in [0.4, 0.5) is 10.1 Å². The van der Waals surface area contributed by atoms with E-state index in [1.807, 2.05) is 0 Å². The Hall–Kier alpha value is -2.86. The van der Waals surface area contributed by atoms with Crippen LogP contribution in [0.5, 0.6) is 5.75 Å². The standard InChI is InChI=1S/C16H10ClFN2O3/c17-9-5-6-14(21)13(7-9)19-16(22)15-8-12(20-23-15)10-3-1-2-4-11(10)18/h1-8,21H,(H,19,22). The predicted molar refractivity (Wildman–Crippen MR) is 83.0 cm³/mol. The lowest BCUT2D eigenvalue weighted by atomic mass is 10.1. The minimum atomic E-state index is -0.641. The highest BCUT2D eigenvalue weighted by Crippen LogP contribution is 2.28. The summed E-state index contributed by atoms with van der Waals surface area (Å²) in [5.41, 5.74) is 0.552. The fourth-order valence-corrected chi connectivity index (χ4v) is 2.14. The van der Waals surface area contributed by atoms with Gasteiger partial charge in [-0.1, -0.05) is 28.9 Å². The smallest absolute Gasteiger partial charge is 0.294 e. The first-order chi connectivity index (χ1) is 11.0. The second kappa shape index (κ2) is 6.10. The molecule has 7 heteroatoms. The van der Waals surface area contributed by atoms with Crippen LogP contribution < -0.4 is 5.32 Å². The monoisotopic (exact) mass is 332 g/mol. The first kappa shape index (κ1) is 15.1. The Morgan fingerprint density at radius 1 is 1.22 bits per heavy atom. The highest BCUT2D eigenvalue weighted by atomic mass is 35.5. The number of nitrogens with one attached hydrogen (secondary N) is 1. The van der Waals surface area contributed by atoms with E-state index in [2.05, 4.69) is 10.5 Å². The average Bonchev–Trinajstić information content (AvgIpc) is 3.01. The van der Waals surface area contributed by atoms with Gasteiger partial charge in [-0.2, -0.15) is 0 Å². The van der Waals surface area contributed by atoms with Crippen LogP contribution in [-0.2, 0) is 0 Å². The molecule has 0 saturated carbocycles. The van der Waals surface area contributed by atoms with Crippen LogP contribution in [0.15, 0.2) is 53.1 Å². The summed E-state index contributed by atoms with van der Waals surface area (Å²) < 4.78 is 18.6. The summed E-state index contributed by atoms with van der Waals surface area (Å²) >= 11 is 5.81. The van der Waals surface area contributed by atoms with Crippen molar-refractivity contribution in [3.05, 3.63) is 65.1 Å². The topological polar surface area (TPSA) is 75.4 Å². The molecular weight excluding hydrogens is 323 g/mol. The molecule has 3 rings (SSSR count). The fraction of sp³-hybridized carbons (Fsp3) is 0. The van der Waals surface area contributed by atoms with Crippen molar-refractivity contribution >= 4 is 23.2 Å². The number of amides is 1. The van der Waals surface area contributed by atoms with Gasteiger partial charge in [0.25, 0.3) is 5.91 Å². The Bertz CT molecular complexity index is 879. The van der Waals surface area contributed by atoms with E-state index in [1.165, 1.54) is 36.4 Å². The van der Waals surface area contributed by atoms with E-state index >= 15 is 0 Å². The number of nitrogens with zero attached hydrogens (tertiary/aromatic N) is 1. The molecule has 116 valence electrons. The number of carbonyl (C=O) groups is 1. The van der Waals surface area contributed by atoms with Crippen molar-refractivity contribution in [2.45, 2.75) is 0 Å². The van der Waals surface area contributed by atoms with Crippen molar-refractivity contribution in [1.29, 1.82) is 0 Å². The largest absolute Gasteiger partial charge is 0.506 e. The number of halogens is 2. The maximum Gasteiger partial charge on any atom is 0.294 e. The van der Waals surface area contributed by atoms with E-state index in [0.29, 0.717) is 5.02 Å². The molecule has 23 heavy (non-hydrogen) atoms. The van der Waals surface area contributed by atoms with Crippen molar-refractivity contribution in [3.8, 4) is 17.0 Å². The van der Waals surface area contributed by atoms with Gasteiger partial charge in [0.1, 0.15) is 17.3 Å². The van der Waals surface area contributed by atoms with Crippen LogP contribution in [-0.4, -0.2) is 16.2 Å². The van der Waals surface area contributed by atoms with Crippen molar-refractivity contribution in [1.82, 2.24) is 5.16 Å². The number of anilines is 1. The molecule has 0 saturated heterocycles. The lowest BCUT2D eigenvalue weighted by Crippen LogP contribution is -2.10. The average molecular weight is 333 g/mol. The summed E-state index contributed by atoms with van der Waals surface area (Å²) in [6.07, 6.45) is 0. The van der Waals surface area contributed by atoms with Crippen LogP contribution in [0.3, 0.4) is 0 Å². The highest BCUT2D eigenvalue weighted by molar-refractivity contribution is 6.31. The summed E-state index contributed by atoms with van der Waals surface area (Å²) in [5, 5.41) is 16.2. The third kappa shape index (κ3) is 3.17. The Morgan fingerprint density at radius 2 is 2.00 bits per heavy atom. The zero-order chi connectivity index (χ0) is 16.4. The maximum absolute atomic E-state index is 13.7. The first-order valence-corrected chi connectivity index (χ1v) is 6.94. The van der Waals surface area contributed by atoms with Crippen LogP contribution in [0.25, 0.3) is 11.3 Å². The quantitative estimate of drug-likeness (QED) is 0.708. The lowest BCUT2D eigenvalue weighted by molar-refractivity contribution is 0.0987. The summed E-state index contributed by atoms with van der Waals surface area (Å²) in [5.74, 6) is -1.38. The Labute approximate surface area is 135 Å². The summed E-state index contributed by atoms with van der Waals surface area (Å²) in [4.78, 5) is 12.1. The molecule has 5 nitrogen and oxygen atoms in total. The first-order valence-electron chi connectivity index (χ1n) is 6.56. The van der Waals surface area contributed by atoms with Gasteiger partial charge in [-0.15, -0.1) is 0 Å². The van der Waals surface area contributed by atoms with Gasteiger partial charge in [0.05, 0.1) is 5.69 Å². The second-order valence-corrected chi connectivity index (χ2v) is 5.11. The number of benzene rings is 2. The molecule has 0 fully saturated rings. The third-order valence-corrected chi connectivity index (χ3v) is 3.33. The summed E-state index contributed by atoms with van der Waals surface area (Å²) in [7, 11) is 0. The fourth-order valence-electron chi connectivity index (χ4n) is 1.97. The van der Waals surface area contributed by atoms with E-state index in [4.69, 9.17) is 16.1 Å². The molecule has 0 atom stereocenters. The number of aromatic nitrogens is 1. The zero-order valence-corrected chi connectivity index (χ0v) is 12.3. The number of hydrogen-bond donors (Lipinski definition) is 2. The van der Waals surface area contributed by atoms with Gasteiger partial charge in [-0.05, 0) is 30.3 Å². The van der Waals surface area contributed by atoms with E-state index in [0.717, 1.165) is 0 Å². The number of aromatic hydroxyl groups is 1. The molecule has 3 aromatic rings. The number of rotatable bonds is 3. The maximum atomic E-state index is 13.7. The number of hydrogen-bond acceptors (Lipinski definition) is 4. The molecule has 0 spiro atoms. The van der Waals surface area contributed by atoms with Crippen molar-refractivity contribution in [2.24, 2.45) is 0 Å². The molecule has 0 aliphatic carbocycles. The molecule has 2 N–H and O–H groups in total. The molecule has 0 radical (unpaired) electrons. The van der Waals surface area contributed by atoms with Crippen molar-refractivity contribution in [2.75, 3.05) is 5.32 Å². The van der Waals surface area contributed by atoms with Gasteiger partial charge < -0.3 is 14.9 Å². The molecule has 2 aromatic carbocycles. The van der Waals surface area contributed by atoms with E-state index in [-0.39, 0.29) is 28.5 Å². The van der Waals surface area contributed by atoms with Crippen LogP contribution in [0.1, 0.15) is 10.6 Å². The second-order valence-electron chi connectivity index (χ2n) is 4.67. The molecule has 1 heterocycles. The van der Waals surface area contributed by atoms with E-state index < -0.39 is 11.7 Å². The van der Waals surface area contributed by atoms with Crippen LogP contribution in [0.2, 0.25) is 5.02 Å². The molecule has 0 aliphatic heterocycles. The van der Waals surface area contributed by atoms with E-state index in [1.54, 1.807) is 12.1 Å². The highest BCUT2D eigenvalue weighted by Gasteiger charge is 2.17. The number of carbonyl (C=O) groups excluding carboxylic acids is 1. The molecule has 1 aromatic heterocycles. The van der Waals surface area contributed by atoms with Crippen LogP contribution in [0, 0.1) is 5.82 Å². The third-order valence-electron chi connectivity index (χ3n) is 3.09. The molecule has 0 unspecified atom stereocenters. The summed E-state index contributed by atoms with van der Waals surface area (Å²) in [6.45, 7) is 0. The molecule has 0 aliphatic rings. The van der Waals surface area contributed by atoms with Gasteiger partial charge >= 0.3 is 0 Å². The van der Waals surface area contributed by atoms with Gasteiger partial charge in [0.2, 0.25) is 5.76 Å². The predicted octanol–water partition coefficient (Wildman–Crippen LogP) is 4.09.